The molecule has 0 aliphatic carbocycles. The van der Waals surface area contributed by atoms with Crippen molar-refractivity contribution in [1.82, 2.24) is 9.80 Å². The van der Waals surface area contributed by atoms with E-state index in [1.807, 2.05) is 18.7 Å². The van der Waals surface area contributed by atoms with Gasteiger partial charge in [0.15, 0.2) is 5.60 Å². The van der Waals surface area contributed by atoms with E-state index in [0.29, 0.717) is 10.8 Å². The Labute approximate surface area is 170 Å². The third kappa shape index (κ3) is 5.36. The Hall–Kier alpha value is -1.27. The molecule has 1 aromatic heterocycles. The first-order valence-corrected chi connectivity index (χ1v) is 9.73. The van der Waals surface area contributed by atoms with Gasteiger partial charge in [-0.15, -0.1) is 12.4 Å². The van der Waals surface area contributed by atoms with Crippen LogP contribution in [0.25, 0.3) is 0 Å². The van der Waals surface area contributed by atoms with Crippen LogP contribution >= 0.6 is 35.3 Å². The number of hydrogen-bond donors (Lipinski definition) is 0. The van der Waals surface area contributed by atoms with Crippen molar-refractivity contribution in [3.8, 4) is 5.75 Å². The summed E-state index contributed by atoms with van der Waals surface area (Å²) in [5.41, 5.74) is 0.444. The summed E-state index contributed by atoms with van der Waals surface area (Å²) in [6, 6.07) is 9.26. The summed E-state index contributed by atoms with van der Waals surface area (Å²) in [4.78, 5) is 17.2. The molecule has 0 atom stereocenters. The van der Waals surface area contributed by atoms with E-state index in [-0.39, 0.29) is 18.3 Å². The number of amides is 1. The molecule has 1 saturated heterocycles. The maximum atomic E-state index is 12.9. The minimum Gasteiger partial charge on any atom is -0.478 e. The van der Waals surface area contributed by atoms with Crippen LogP contribution in [-0.2, 0) is 11.3 Å². The highest BCUT2D eigenvalue weighted by Gasteiger charge is 2.35. The molecule has 1 aliphatic heterocycles. The maximum absolute atomic E-state index is 12.9. The smallest absolute Gasteiger partial charge is 0.266 e. The quantitative estimate of drug-likeness (QED) is 0.729. The van der Waals surface area contributed by atoms with Gasteiger partial charge in [0, 0.05) is 37.7 Å². The molecule has 3 rings (SSSR count). The number of halogens is 2. The van der Waals surface area contributed by atoms with Gasteiger partial charge in [-0.2, -0.15) is 11.3 Å². The van der Waals surface area contributed by atoms with E-state index in [2.05, 4.69) is 21.7 Å². The third-order valence-electron chi connectivity index (χ3n) is 4.35. The Morgan fingerprint density at radius 2 is 1.81 bits per heavy atom. The van der Waals surface area contributed by atoms with E-state index in [1.54, 1.807) is 35.6 Å². The standard InChI is InChI=1S/C19H23ClN2O2S.ClH/c1-19(2,24-17-5-3-16(20)4-6-17)18(23)22-10-8-21(9-11-22)13-15-7-12-25-14-15;/h3-7,12,14H,8-11,13H2,1-2H3;1H. The molecule has 1 aromatic carbocycles. The number of benzene rings is 1. The maximum Gasteiger partial charge on any atom is 0.266 e. The van der Waals surface area contributed by atoms with Crippen molar-refractivity contribution in [2.45, 2.75) is 26.0 Å². The van der Waals surface area contributed by atoms with Gasteiger partial charge in [0.25, 0.3) is 5.91 Å². The Bertz CT molecular complexity index is 697. The van der Waals surface area contributed by atoms with Gasteiger partial charge in [0.05, 0.1) is 0 Å². The molecule has 0 unspecified atom stereocenters. The normalized spacial score (nSPS) is 15.4. The van der Waals surface area contributed by atoms with Crippen LogP contribution in [0.5, 0.6) is 5.75 Å². The summed E-state index contributed by atoms with van der Waals surface area (Å²) in [7, 11) is 0. The van der Waals surface area contributed by atoms with Crippen LogP contribution in [0.3, 0.4) is 0 Å². The summed E-state index contributed by atoms with van der Waals surface area (Å²) in [6.45, 7) is 7.84. The highest BCUT2D eigenvalue weighted by Crippen LogP contribution is 2.23. The number of rotatable bonds is 5. The summed E-state index contributed by atoms with van der Waals surface area (Å²) < 4.78 is 5.92. The fraction of sp³-hybridized carbons (Fsp3) is 0.421. The van der Waals surface area contributed by atoms with Gasteiger partial charge in [-0.05, 0) is 60.5 Å². The second-order valence-electron chi connectivity index (χ2n) is 6.77. The molecule has 1 fully saturated rings. The van der Waals surface area contributed by atoms with Gasteiger partial charge >= 0.3 is 0 Å². The Morgan fingerprint density at radius 3 is 2.38 bits per heavy atom. The fourth-order valence-electron chi connectivity index (χ4n) is 2.97. The van der Waals surface area contributed by atoms with Gasteiger partial charge in [0.2, 0.25) is 0 Å². The molecule has 1 amide bonds. The van der Waals surface area contributed by atoms with Crippen molar-refractivity contribution >= 4 is 41.3 Å². The van der Waals surface area contributed by atoms with Crippen LogP contribution in [-0.4, -0.2) is 47.5 Å². The summed E-state index contributed by atoms with van der Waals surface area (Å²) in [5, 5.41) is 4.94. The fourth-order valence-corrected chi connectivity index (χ4v) is 3.76. The van der Waals surface area contributed by atoms with Crippen molar-refractivity contribution in [2.75, 3.05) is 26.2 Å². The van der Waals surface area contributed by atoms with Crippen molar-refractivity contribution in [3.63, 3.8) is 0 Å². The van der Waals surface area contributed by atoms with Gasteiger partial charge in [-0.1, -0.05) is 11.6 Å². The molecule has 0 spiro atoms. The number of thiophene rings is 1. The number of hydrogen-bond acceptors (Lipinski definition) is 4. The lowest BCUT2D eigenvalue weighted by Crippen LogP contribution is -2.55. The first kappa shape index (κ1) is 21.0. The second-order valence-corrected chi connectivity index (χ2v) is 7.98. The molecule has 4 nitrogen and oxygen atoms in total. The van der Waals surface area contributed by atoms with Gasteiger partial charge < -0.3 is 9.64 Å². The third-order valence-corrected chi connectivity index (χ3v) is 5.33. The molecular weight excluding hydrogens is 391 g/mol. The monoisotopic (exact) mass is 414 g/mol. The lowest BCUT2D eigenvalue weighted by atomic mass is 10.1. The minimum absolute atomic E-state index is 0. The zero-order valence-corrected chi connectivity index (χ0v) is 17.4. The largest absolute Gasteiger partial charge is 0.478 e. The van der Waals surface area contributed by atoms with Crippen LogP contribution in [0.1, 0.15) is 19.4 Å². The van der Waals surface area contributed by atoms with Crippen LogP contribution in [0.4, 0.5) is 0 Å². The number of carbonyl (C=O) groups excluding carboxylic acids is 1. The number of carbonyl (C=O) groups is 1. The zero-order chi connectivity index (χ0) is 17.9. The Balaban J connectivity index is 0.00000243. The first-order chi connectivity index (χ1) is 11.9. The number of ether oxygens (including phenoxy) is 1. The molecule has 0 saturated carbocycles. The minimum atomic E-state index is -0.899. The molecule has 1 aliphatic rings. The average Bonchev–Trinajstić information content (AvgIpc) is 3.10. The molecule has 0 radical (unpaired) electrons. The highest BCUT2D eigenvalue weighted by molar-refractivity contribution is 7.07. The predicted molar refractivity (Wildman–Crippen MR) is 110 cm³/mol. The van der Waals surface area contributed by atoms with Crippen molar-refractivity contribution in [3.05, 3.63) is 51.7 Å². The molecule has 26 heavy (non-hydrogen) atoms. The topological polar surface area (TPSA) is 32.8 Å². The lowest BCUT2D eigenvalue weighted by molar-refractivity contribution is -0.147. The Morgan fingerprint density at radius 1 is 1.15 bits per heavy atom. The van der Waals surface area contributed by atoms with E-state index in [4.69, 9.17) is 16.3 Å². The van der Waals surface area contributed by atoms with Crippen molar-refractivity contribution in [2.24, 2.45) is 0 Å². The van der Waals surface area contributed by atoms with E-state index < -0.39 is 5.60 Å². The molecule has 0 bridgehead atoms. The summed E-state index contributed by atoms with van der Waals surface area (Å²) in [6.07, 6.45) is 0. The molecule has 2 aromatic rings. The predicted octanol–water partition coefficient (Wildman–Crippen LogP) is 4.33. The van der Waals surface area contributed by atoms with Crippen LogP contribution < -0.4 is 4.74 Å². The van der Waals surface area contributed by atoms with E-state index >= 15 is 0 Å². The Kier molecular flexibility index (Phi) is 7.35. The molecule has 7 heteroatoms. The number of nitrogens with zero attached hydrogens (tertiary/aromatic N) is 2. The van der Waals surface area contributed by atoms with Crippen LogP contribution in [0.15, 0.2) is 41.1 Å². The van der Waals surface area contributed by atoms with Crippen LogP contribution in [0.2, 0.25) is 5.02 Å². The molecule has 2 heterocycles. The average molecular weight is 415 g/mol. The van der Waals surface area contributed by atoms with E-state index in [9.17, 15) is 4.79 Å². The summed E-state index contributed by atoms with van der Waals surface area (Å²) in [5.74, 6) is 0.677. The van der Waals surface area contributed by atoms with Crippen molar-refractivity contribution in [1.29, 1.82) is 0 Å². The summed E-state index contributed by atoms with van der Waals surface area (Å²) >= 11 is 7.62. The van der Waals surface area contributed by atoms with Gasteiger partial charge in [-0.3, -0.25) is 9.69 Å². The molecule has 142 valence electrons. The number of piperazine rings is 1. The lowest BCUT2D eigenvalue weighted by Gasteiger charge is -2.38. The van der Waals surface area contributed by atoms with Gasteiger partial charge in [-0.25, -0.2) is 0 Å². The zero-order valence-electron chi connectivity index (χ0n) is 15.0. The highest BCUT2D eigenvalue weighted by atomic mass is 35.5. The SMILES string of the molecule is CC(C)(Oc1ccc(Cl)cc1)C(=O)N1CCN(Cc2ccsc2)CC1.Cl. The van der Waals surface area contributed by atoms with Crippen LogP contribution in [0, 0.1) is 0 Å². The van der Waals surface area contributed by atoms with E-state index in [1.165, 1.54) is 5.56 Å². The molecular formula is C19H24Cl2N2O2S. The first-order valence-electron chi connectivity index (χ1n) is 8.41. The van der Waals surface area contributed by atoms with Crippen molar-refractivity contribution < 1.29 is 9.53 Å². The van der Waals surface area contributed by atoms with E-state index in [0.717, 1.165) is 32.7 Å². The second kappa shape index (κ2) is 9.09. The van der Waals surface area contributed by atoms with Gasteiger partial charge in [0.1, 0.15) is 5.75 Å². The molecule has 0 N–H and O–H groups in total.